The summed E-state index contributed by atoms with van der Waals surface area (Å²) in [5, 5.41) is 4.03. The SMILES string of the molecule is C=CCOc1c(Br)cc(C=C2C(=O)NC(=O)NC2=O)cc1OCC. The van der Waals surface area contributed by atoms with Gasteiger partial charge in [0.15, 0.2) is 11.5 Å². The highest BCUT2D eigenvalue weighted by atomic mass is 79.9. The number of amides is 4. The van der Waals surface area contributed by atoms with Crippen LogP contribution in [0.15, 0.2) is 34.8 Å². The number of ether oxygens (including phenoxy) is 2. The number of rotatable bonds is 6. The minimum atomic E-state index is -0.841. The normalized spacial score (nSPS) is 13.9. The van der Waals surface area contributed by atoms with Gasteiger partial charge in [-0.05, 0) is 46.6 Å². The van der Waals surface area contributed by atoms with Crippen molar-refractivity contribution < 1.29 is 23.9 Å². The van der Waals surface area contributed by atoms with Crippen molar-refractivity contribution >= 4 is 39.9 Å². The Morgan fingerprint density at radius 1 is 1.17 bits per heavy atom. The van der Waals surface area contributed by atoms with Crippen LogP contribution in [0.4, 0.5) is 4.79 Å². The summed E-state index contributed by atoms with van der Waals surface area (Å²) in [6.07, 6.45) is 2.97. The van der Waals surface area contributed by atoms with Crippen LogP contribution in [0.1, 0.15) is 12.5 Å². The van der Waals surface area contributed by atoms with Crippen molar-refractivity contribution in [2.24, 2.45) is 0 Å². The number of benzene rings is 1. The number of imide groups is 2. The number of barbiturate groups is 1. The maximum atomic E-state index is 11.8. The zero-order valence-corrected chi connectivity index (χ0v) is 14.4. The first-order valence-electron chi connectivity index (χ1n) is 7.04. The molecule has 126 valence electrons. The van der Waals surface area contributed by atoms with Crippen molar-refractivity contribution in [1.29, 1.82) is 0 Å². The Hall–Kier alpha value is -2.61. The zero-order chi connectivity index (χ0) is 17.7. The largest absolute Gasteiger partial charge is 0.490 e. The molecule has 0 spiro atoms. The van der Waals surface area contributed by atoms with Crippen molar-refractivity contribution in [3.8, 4) is 11.5 Å². The van der Waals surface area contributed by atoms with E-state index in [2.05, 4.69) is 22.5 Å². The third kappa shape index (κ3) is 4.02. The van der Waals surface area contributed by atoms with Crippen LogP contribution in [0.25, 0.3) is 6.08 Å². The fraction of sp³-hybridized carbons (Fsp3) is 0.188. The van der Waals surface area contributed by atoms with E-state index in [1.165, 1.54) is 6.08 Å². The molecule has 0 atom stereocenters. The van der Waals surface area contributed by atoms with Gasteiger partial charge in [0, 0.05) is 0 Å². The summed E-state index contributed by atoms with van der Waals surface area (Å²) in [6, 6.07) is 2.47. The summed E-state index contributed by atoms with van der Waals surface area (Å²) < 4.78 is 11.7. The molecule has 1 saturated heterocycles. The maximum absolute atomic E-state index is 11.8. The second-order valence-corrected chi connectivity index (χ2v) is 5.51. The summed E-state index contributed by atoms with van der Waals surface area (Å²) in [4.78, 5) is 34.6. The van der Waals surface area contributed by atoms with Gasteiger partial charge in [-0.2, -0.15) is 0 Å². The topological polar surface area (TPSA) is 93.7 Å². The molecule has 0 radical (unpaired) electrons. The number of urea groups is 1. The Morgan fingerprint density at radius 2 is 1.83 bits per heavy atom. The third-order valence-electron chi connectivity index (χ3n) is 2.93. The quantitative estimate of drug-likeness (QED) is 0.438. The molecule has 0 saturated carbocycles. The van der Waals surface area contributed by atoms with Crippen molar-refractivity contribution in [2.75, 3.05) is 13.2 Å². The van der Waals surface area contributed by atoms with E-state index in [1.54, 1.807) is 18.2 Å². The second kappa shape index (κ2) is 7.78. The molecule has 1 aromatic carbocycles. The maximum Gasteiger partial charge on any atom is 0.328 e. The van der Waals surface area contributed by atoms with Gasteiger partial charge in [-0.1, -0.05) is 12.7 Å². The number of carbonyl (C=O) groups excluding carboxylic acids is 3. The van der Waals surface area contributed by atoms with E-state index in [0.29, 0.717) is 34.7 Å². The lowest BCUT2D eigenvalue weighted by Crippen LogP contribution is -2.51. The average Bonchev–Trinajstić information content (AvgIpc) is 2.50. The molecule has 1 aliphatic rings. The fourth-order valence-corrected chi connectivity index (χ4v) is 2.56. The van der Waals surface area contributed by atoms with Crippen LogP contribution < -0.4 is 20.1 Å². The zero-order valence-electron chi connectivity index (χ0n) is 12.8. The van der Waals surface area contributed by atoms with Crippen LogP contribution in [0, 0.1) is 0 Å². The van der Waals surface area contributed by atoms with Crippen molar-refractivity contribution in [3.63, 3.8) is 0 Å². The Morgan fingerprint density at radius 3 is 2.42 bits per heavy atom. The Labute approximate surface area is 146 Å². The van der Waals surface area contributed by atoms with Crippen molar-refractivity contribution in [2.45, 2.75) is 6.92 Å². The summed E-state index contributed by atoms with van der Waals surface area (Å²) >= 11 is 3.38. The Balaban J connectivity index is 2.42. The molecule has 1 fully saturated rings. The van der Waals surface area contributed by atoms with Gasteiger partial charge in [-0.3, -0.25) is 20.2 Å². The fourth-order valence-electron chi connectivity index (χ4n) is 1.99. The molecule has 0 aliphatic carbocycles. The molecule has 8 heteroatoms. The molecule has 0 aromatic heterocycles. The van der Waals surface area contributed by atoms with Crippen LogP contribution in [-0.2, 0) is 9.59 Å². The van der Waals surface area contributed by atoms with Gasteiger partial charge in [0.2, 0.25) is 0 Å². The number of nitrogens with one attached hydrogen (secondary N) is 2. The van der Waals surface area contributed by atoms with Crippen LogP contribution in [0.2, 0.25) is 0 Å². The molecule has 1 heterocycles. The Bertz CT molecular complexity index is 720. The summed E-state index contributed by atoms with van der Waals surface area (Å²) in [5.74, 6) is -0.575. The van der Waals surface area contributed by atoms with Crippen molar-refractivity contribution in [3.05, 3.63) is 40.4 Å². The molecule has 4 amide bonds. The first-order chi connectivity index (χ1) is 11.5. The number of hydrogen-bond acceptors (Lipinski definition) is 5. The Kier molecular flexibility index (Phi) is 5.75. The van der Waals surface area contributed by atoms with Gasteiger partial charge >= 0.3 is 6.03 Å². The smallest absolute Gasteiger partial charge is 0.328 e. The molecule has 7 nitrogen and oxygen atoms in total. The van der Waals surface area contributed by atoms with E-state index in [9.17, 15) is 14.4 Å². The second-order valence-electron chi connectivity index (χ2n) is 4.66. The van der Waals surface area contributed by atoms with Crippen LogP contribution in [-0.4, -0.2) is 31.1 Å². The van der Waals surface area contributed by atoms with Crippen LogP contribution >= 0.6 is 15.9 Å². The lowest BCUT2D eigenvalue weighted by Gasteiger charge is -2.16. The molecule has 2 rings (SSSR count). The first-order valence-corrected chi connectivity index (χ1v) is 7.84. The minimum absolute atomic E-state index is 0.177. The average molecular weight is 395 g/mol. The van der Waals surface area contributed by atoms with E-state index in [4.69, 9.17) is 9.47 Å². The lowest BCUT2D eigenvalue weighted by molar-refractivity contribution is -0.123. The number of hydrogen-bond donors (Lipinski definition) is 2. The van der Waals surface area contributed by atoms with E-state index >= 15 is 0 Å². The van der Waals surface area contributed by atoms with Crippen LogP contribution in [0.5, 0.6) is 11.5 Å². The molecule has 1 aromatic rings. The van der Waals surface area contributed by atoms with Gasteiger partial charge in [0.25, 0.3) is 11.8 Å². The highest BCUT2D eigenvalue weighted by molar-refractivity contribution is 9.10. The minimum Gasteiger partial charge on any atom is -0.490 e. The third-order valence-corrected chi connectivity index (χ3v) is 3.52. The standard InChI is InChI=1S/C16H15BrN2O5/c1-3-5-24-13-11(17)7-9(8-12(13)23-4-2)6-10-14(20)18-16(22)19-15(10)21/h3,6-8H,1,4-5H2,2H3,(H2,18,19,20,21,22). The molecule has 24 heavy (non-hydrogen) atoms. The van der Waals surface area contributed by atoms with Crippen LogP contribution in [0.3, 0.4) is 0 Å². The molecule has 0 bridgehead atoms. The number of halogens is 1. The van der Waals surface area contributed by atoms with E-state index in [-0.39, 0.29) is 5.57 Å². The highest BCUT2D eigenvalue weighted by Gasteiger charge is 2.27. The molecule has 2 N–H and O–H groups in total. The summed E-state index contributed by atoms with van der Waals surface area (Å²) in [7, 11) is 0. The summed E-state index contributed by atoms with van der Waals surface area (Å²) in [5.41, 5.74) is 0.356. The van der Waals surface area contributed by atoms with Gasteiger partial charge in [0.05, 0.1) is 11.1 Å². The van der Waals surface area contributed by atoms with Gasteiger partial charge in [-0.15, -0.1) is 0 Å². The van der Waals surface area contributed by atoms with E-state index < -0.39 is 17.8 Å². The molecular weight excluding hydrogens is 380 g/mol. The first kappa shape index (κ1) is 17.7. The van der Waals surface area contributed by atoms with E-state index in [0.717, 1.165) is 0 Å². The lowest BCUT2D eigenvalue weighted by atomic mass is 10.1. The predicted molar refractivity (Wildman–Crippen MR) is 90.7 cm³/mol. The van der Waals surface area contributed by atoms with Crippen molar-refractivity contribution in [1.82, 2.24) is 10.6 Å². The predicted octanol–water partition coefficient (Wildman–Crippen LogP) is 2.16. The highest BCUT2D eigenvalue weighted by Crippen LogP contribution is 2.37. The number of carbonyl (C=O) groups is 3. The molecule has 0 unspecified atom stereocenters. The van der Waals surface area contributed by atoms with E-state index in [1.807, 2.05) is 17.6 Å². The molecular formula is C16H15BrN2O5. The monoisotopic (exact) mass is 394 g/mol. The van der Waals surface area contributed by atoms with Gasteiger partial charge in [0.1, 0.15) is 12.2 Å². The van der Waals surface area contributed by atoms with Gasteiger partial charge < -0.3 is 9.47 Å². The summed E-state index contributed by atoms with van der Waals surface area (Å²) in [6.45, 7) is 6.12. The molecule has 1 aliphatic heterocycles. The van der Waals surface area contributed by atoms with Gasteiger partial charge in [-0.25, -0.2) is 4.79 Å².